The fraction of sp³-hybridized carbons (Fsp3) is 0.667. The zero-order valence-electron chi connectivity index (χ0n) is 17.9. The molecule has 1 aromatic rings. The standard InChI is InChI=1S/C24H35N3O2/c1-23(11-7-4-8-12-23)21(28)26-20-13-19-16-27(15-18-9-5-3-6-10-18)17-24(19,14-20)22(29)25-2/h3,5-6,9-10,19-20H,4,7-8,11-17H2,1-2H3,(H,25,29)(H,26,28)/t19-,20-,24-/m0/s1. The monoisotopic (exact) mass is 397 g/mol. The Bertz CT molecular complexity index is 744. The molecule has 0 unspecified atom stereocenters. The van der Waals surface area contributed by atoms with E-state index >= 15 is 0 Å². The third-order valence-corrected chi connectivity index (χ3v) is 7.71. The molecule has 158 valence electrons. The van der Waals surface area contributed by atoms with Gasteiger partial charge in [-0.3, -0.25) is 14.5 Å². The van der Waals surface area contributed by atoms with Crippen LogP contribution in [0.1, 0.15) is 57.4 Å². The lowest BCUT2D eigenvalue weighted by Crippen LogP contribution is -2.47. The summed E-state index contributed by atoms with van der Waals surface area (Å²) >= 11 is 0. The van der Waals surface area contributed by atoms with Crippen molar-refractivity contribution in [1.82, 2.24) is 15.5 Å². The summed E-state index contributed by atoms with van der Waals surface area (Å²) in [6, 6.07) is 10.6. The Morgan fingerprint density at radius 1 is 1.10 bits per heavy atom. The molecular formula is C24H35N3O2. The highest BCUT2D eigenvalue weighted by Crippen LogP contribution is 2.49. The quantitative estimate of drug-likeness (QED) is 0.803. The van der Waals surface area contributed by atoms with Gasteiger partial charge in [0.2, 0.25) is 11.8 Å². The van der Waals surface area contributed by atoms with E-state index in [0.29, 0.717) is 5.92 Å². The summed E-state index contributed by atoms with van der Waals surface area (Å²) in [5.41, 5.74) is 0.680. The summed E-state index contributed by atoms with van der Waals surface area (Å²) in [5.74, 6) is 0.643. The number of fused-ring (bicyclic) bond motifs is 1. The second-order valence-electron chi connectivity index (χ2n) is 9.82. The van der Waals surface area contributed by atoms with Crippen molar-refractivity contribution in [2.24, 2.45) is 16.7 Å². The maximum atomic E-state index is 13.0. The summed E-state index contributed by atoms with van der Waals surface area (Å²) in [4.78, 5) is 28.4. The SMILES string of the molecule is CNC(=O)[C@]12C[C@@H](NC(=O)C3(C)CCCCC3)C[C@H]1CN(Cc1ccccc1)C2. The smallest absolute Gasteiger partial charge is 0.227 e. The number of amides is 2. The minimum Gasteiger partial charge on any atom is -0.359 e. The maximum absolute atomic E-state index is 13.0. The second-order valence-corrected chi connectivity index (χ2v) is 9.82. The van der Waals surface area contributed by atoms with Crippen LogP contribution in [0.2, 0.25) is 0 Å². The van der Waals surface area contributed by atoms with Gasteiger partial charge in [0.1, 0.15) is 0 Å². The van der Waals surface area contributed by atoms with Crippen molar-refractivity contribution in [2.45, 2.75) is 64.5 Å². The molecule has 1 aliphatic heterocycles. The van der Waals surface area contributed by atoms with Gasteiger partial charge in [0.15, 0.2) is 0 Å². The fourth-order valence-electron chi connectivity index (χ4n) is 6.07. The number of benzene rings is 1. The molecular weight excluding hydrogens is 362 g/mol. The van der Waals surface area contributed by atoms with Crippen LogP contribution in [0.3, 0.4) is 0 Å². The van der Waals surface area contributed by atoms with Crippen LogP contribution in [-0.2, 0) is 16.1 Å². The molecule has 1 heterocycles. The first-order valence-electron chi connectivity index (χ1n) is 11.2. The van der Waals surface area contributed by atoms with Gasteiger partial charge in [0.25, 0.3) is 0 Å². The van der Waals surface area contributed by atoms with Crippen molar-refractivity contribution in [1.29, 1.82) is 0 Å². The van der Waals surface area contributed by atoms with Gasteiger partial charge >= 0.3 is 0 Å². The number of carbonyl (C=O) groups excluding carboxylic acids is 2. The van der Waals surface area contributed by atoms with E-state index in [1.165, 1.54) is 12.0 Å². The minimum absolute atomic E-state index is 0.113. The first kappa shape index (κ1) is 20.4. The highest BCUT2D eigenvalue weighted by atomic mass is 16.2. The number of carbonyl (C=O) groups is 2. The molecule has 3 aliphatic rings. The zero-order valence-corrected chi connectivity index (χ0v) is 17.9. The fourth-order valence-corrected chi connectivity index (χ4v) is 6.07. The van der Waals surface area contributed by atoms with E-state index in [1.54, 1.807) is 7.05 Å². The Labute approximate surface area is 174 Å². The topological polar surface area (TPSA) is 61.4 Å². The third-order valence-electron chi connectivity index (χ3n) is 7.71. The largest absolute Gasteiger partial charge is 0.359 e. The van der Waals surface area contributed by atoms with E-state index in [4.69, 9.17) is 0 Å². The van der Waals surface area contributed by atoms with E-state index < -0.39 is 0 Å². The molecule has 0 radical (unpaired) electrons. The van der Waals surface area contributed by atoms with Crippen molar-refractivity contribution in [3.8, 4) is 0 Å². The Balaban J connectivity index is 1.43. The summed E-state index contributed by atoms with van der Waals surface area (Å²) in [6.07, 6.45) is 7.17. The summed E-state index contributed by atoms with van der Waals surface area (Å²) in [6.45, 7) is 4.69. The zero-order chi connectivity index (χ0) is 20.5. The molecule has 1 saturated heterocycles. The molecule has 3 atom stereocenters. The lowest BCUT2D eigenvalue weighted by molar-refractivity contribution is -0.134. The molecule has 5 nitrogen and oxygen atoms in total. The highest BCUT2D eigenvalue weighted by molar-refractivity contribution is 5.85. The van der Waals surface area contributed by atoms with E-state index in [0.717, 1.165) is 58.2 Å². The average molecular weight is 398 g/mol. The van der Waals surface area contributed by atoms with Gasteiger partial charge in [0.05, 0.1) is 5.41 Å². The number of likely N-dealkylation sites (tertiary alicyclic amines) is 1. The molecule has 2 saturated carbocycles. The molecule has 3 fully saturated rings. The van der Waals surface area contributed by atoms with Crippen molar-refractivity contribution >= 4 is 11.8 Å². The molecule has 0 aromatic heterocycles. The Kier molecular flexibility index (Phi) is 5.69. The van der Waals surface area contributed by atoms with Gasteiger partial charge in [0, 0.05) is 38.1 Å². The van der Waals surface area contributed by atoms with Crippen LogP contribution in [0.5, 0.6) is 0 Å². The van der Waals surface area contributed by atoms with E-state index in [1.807, 2.05) is 6.07 Å². The van der Waals surface area contributed by atoms with E-state index in [-0.39, 0.29) is 28.7 Å². The van der Waals surface area contributed by atoms with Gasteiger partial charge in [-0.2, -0.15) is 0 Å². The number of rotatable bonds is 5. The van der Waals surface area contributed by atoms with Crippen molar-refractivity contribution in [3.05, 3.63) is 35.9 Å². The predicted molar refractivity (Wildman–Crippen MR) is 114 cm³/mol. The molecule has 5 heteroatoms. The first-order chi connectivity index (χ1) is 13.9. The van der Waals surface area contributed by atoms with Gasteiger partial charge in [-0.25, -0.2) is 0 Å². The van der Waals surface area contributed by atoms with Crippen molar-refractivity contribution in [2.75, 3.05) is 20.1 Å². The number of nitrogens with one attached hydrogen (secondary N) is 2. The van der Waals surface area contributed by atoms with Crippen LogP contribution in [0, 0.1) is 16.7 Å². The van der Waals surface area contributed by atoms with Crippen LogP contribution in [-0.4, -0.2) is 42.9 Å². The Hall–Kier alpha value is -1.88. The van der Waals surface area contributed by atoms with Gasteiger partial charge in [-0.15, -0.1) is 0 Å². The van der Waals surface area contributed by atoms with Crippen LogP contribution in [0.15, 0.2) is 30.3 Å². The molecule has 0 bridgehead atoms. The van der Waals surface area contributed by atoms with Crippen LogP contribution < -0.4 is 10.6 Å². The lowest BCUT2D eigenvalue weighted by Gasteiger charge is -2.34. The molecule has 4 rings (SSSR count). The first-order valence-corrected chi connectivity index (χ1v) is 11.2. The Morgan fingerprint density at radius 2 is 1.83 bits per heavy atom. The van der Waals surface area contributed by atoms with Gasteiger partial charge in [-0.05, 0) is 37.2 Å². The molecule has 2 aliphatic carbocycles. The molecule has 2 amide bonds. The molecule has 2 N–H and O–H groups in total. The number of hydrogen-bond acceptors (Lipinski definition) is 3. The molecule has 29 heavy (non-hydrogen) atoms. The average Bonchev–Trinajstić information content (AvgIpc) is 3.22. The van der Waals surface area contributed by atoms with Crippen molar-refractivity contribution in [3.63, 3.8) is 0 Å². The lowest BCUT2D eigenvalue weighted by atomic mass is 9.75. The normalized spacial score (nSPS) is 31.2. The molecule has 0 spiro atoms. The minimum atomic E-state index is -0.380. The predicted octanol–water partition coefficient (Wildman–Crippen LogP) is 3.10. The van der Waals surface area contributed by atoms with Crippen LogP contribution >= 0.6 is 0 Å². The number of nitrogens with zero attached hydrogens (tertiary/aromatic N) is 1. The summed E-state index contributed by atoms with van der Waals surface area (Å²) in [7, 11) is 1.74. The van der Waals surface area contributed by atoms with Crippen molar-refractivity contribution < 1.29 is 9.59 Å². The second kappa shape index (κ2) is 8.10. The summed E-state index contributed by atoms with van der Waals surface area (Å²) < 4.78 is 0. The maximum Gasteiger partial charge on any atom is 0.227 e. The van der Waals surface area contributed by atoms with E-state index in [9.17, 15) is 9.59 Å². The van der Waals surface area contributed by atoms with Crippen LogP contribution in [0.4, 0.5) is 0 Å². The van der Waals surface area contributed by atoms with Gasteiger partial charge < -0.3 is 10.6 Å². The van der Waals surface area contributed by atoms with E-state index in [2.05, 4.69) is 46.7 Å². The number of hydrogen-bond donors (Lipinski definition) is 2. The van der Waals surface area contributed by atoms with Gasteiger partial charge in [-0.1, -0.05) is 56.5 Å². The highest BCUT2D eigenvalue weighted by Gasteiger charge is 2.57. The molecule has 1 aromatic carbocycles. The third kappa shape index (κ3) is 3.94. The van der Waals surface area contributed by atoms with Crippen LogP contribution in [0.25, 0.3) is 0 Å². The Morgan fingerprint density at radius 3 is 2.52 bits per heavy atom. The summed E-state index contributed by atoms with van der Waals surface area (Å²) in [5, 5.41) is 6.27.